The van der Waals surface area contributed by atoms with Crippen molar-refractivity contribution in [3.05, 3.63) is 38.8 Å². The average Bonchev–Trinajstić information content (AvgIpc) is 3.23. The molecule has 0 radical (unpaired) electrons. The number of carbonyl (C=O) groups excluding carboxylic acids is 1. The van der Waals surface area contributed by atoms with Crippen molar-refractivity contribution in [2.24, 2.45) is 7.05 Å². The maximum absolute atomic E-state index is 13.3. The second-order valence-corrected chi connectivity index (χ2v) is 9.27. The number of rotatable bonds is 1. The van der Waals surface area contributed by atoms with Crippen LogP contribution in [-0.4, -0.2) is 44.5 Å². The summed E-state index contributed by atoms with van der Waals surface area (Å²) in [5.41, 5.74) is 0.197. The van der Waals surface area contributed by atoms with Gasteiger partial charge in [0.1, 0.15) is 11.7 Å². The number of nitrogens with zero attached hydrogens (tertiary/aromatic N) is 3. The molecule has 6 nitrogen and oxygen atoms in total. The van der Waals surface area contributed by atoms with Gasteiger partial charge in [-0.05, 0) is 13.0 Å². The highest BCUT2D eigenvalue weighted by molar-refractivity contribution is 7.16. The third-order valence-corrected chi connectivity index (χ3v) is 7.03. The number of ether oxygens (including phenoxy) is 1. The summed E-state index contributed by atoms with van der Waals surface area (Å²) in [6.45, 7) is 1.59. The van der Waals surface area contributed by atoms with E-state index in [0.717, 1.165) is 4.90 Å². The van der Waals surface area contributed by atoms with Crippen LogP contribution >= 0.6 is 22.9 Å². The molecule has 4 rings (SSSR count). The van der Waals surface area contributed by atoms with Crippen LogP contribution in [0.2, 0.25) is 4.34 Å². The van der Waals surface area contributed by atoms with Crippen molar-refractivity contribution >= 4 is 28.8 Å². The molecule has 0 bridgehead atoms. The summed E-state index contributed by atoms with van der Waals surface area (Å²) in [7, 11) is 1.66. The predicted octanol–water partition coefficient (Wildman–Crippen LogP) is 3.71. The monoisotopic (exact) mass is 449 g/mol. The molecule has 1 N–H and O–H groups in total. The first kappa shape index (κ1) is 20.6. The number of alkyl halides is 3. The third kappa shape index (κ3) is 3.45. The summed E-state index contributed by atoms with van der Waals surface area (Å²) >= 11 is 7.43. The van der Waals surface area contributed by atoms with Gasteiger partial charge in [0.2, 0.25) is 0 Å². The molecule has 1 saturated heterocycles. The topological polar surface area (TPSA) is 67.6 Å². The van der Waals surface area contributed by atoms with Gasteiger partial charge in [-0.2, -0.15) is 18.3 Å². The summed E-state index contributed by atoms with van der Waals surface area (Å²) in [4.78, 5) is 13.9. The number of aliphatic hydroxyl groups excluding tert-OH is 1. The van der Waals surface area contributed by atoms with Crippen LogP contribution in [-0.2, 0) is 22.2 Å². The number of likely N-dealkylation sites (tertiary alicyclic amines) is 1. The number of piperidine rings is 1. The van der Waals surface area contributed by atoms with E-state index in [4.69, 9.17) is 16.3 Å². The Hall–Kier alpha value is -1.62. The van der Waals surface area contributed by atoms with Crippen LogP contribution in [0.4, 0.5) is 13.2 Å². The normalized spacial score (nSPS) is 29.9. The molecule has 1 fully saturated rings. The quantitative estimate of drug-likeness (QED) is 0.720. The lowest BCUT2D eigenvalue weighted by Gasteiger charge is -2.51. The van der Waals surface area contributed by atoms with Gasteiger partial charge >= 0.3 is 12.1 Å². The minimum Gasteiger partial charge on any atom is -0.386 e. The Kier molecular flexibility index (Phi) is 4.96. The van der Waals surface area contributed by atoms with Crippen LogP contribution in [0.1, 0.15) is 47.9 Å². The first-order valence-corrected chi connectivity index (χ1v) is 10.2. The van der Waals surface area contributed by atoms with Crippen molar-refractivity contribution in [3.63, 3.8) is 0 Å². The van der Waals surface area contributed by atoms with Crippen molar-refractivity contribution in [3.8, 4) is 0 Å². The number of halogens is 4. The maximum Gasteiger partial charge on any atom is 0.471 e. The Morgan fingerprint density at radius 1 is 1.45 bits per heavy atom. The molecule has 2 aliphatic heterocycles. The molecule has 4 atom stereocenters. The summed E-state index contributed by atoms with van der Waals surface area (Å²) in [5.74, 6) is -1.88. The van der Waals surface area contributed by atoms with E-state index >= 15 is 0 Å². The Bertz CT molecular complexity index is 946. The second kappa shape index (κ2) is 6.97. The van der Waals surface area contributed by atoms with Gasteiger partial charge in [-0.15, -0.1) is 11.3 Å². The lowest BCUT2D eigenvalue weighted by Crippen LogP contribution is -2.56. The van der Waals surface area contributed by atoms with E-state index in [2.05, 4.69) is 5.10 Å². The minimum atomic E-state index is -4.99. The van der Waals surface area contributed by atoms with Gasteiger partial charge in [0, 0.05) is 48.1 Å². The Morgan fingerprint density at radius 3 is 2.79 bits per heavy atom. The molecule has 0 aliphatic carbocycles. The van der Waals surface area contributed by atoms with Crippen molar-refractivity contribution in [1.29, 1.82) is 0 Å². The molecule has 0 unspecified atom stereocenters. The maximum atomic E-state index is 13.3. The van der Waals surface area contributed by atoms with Crippen LogP contribution in [0.5, 0.6) is 0 Å². The molecule has 1 spiro atoms. The number of carbonyl (C=O) groups is 1. The summed E-state index contributed by atoms with van der Waals surface area (Å²) < 4.78 is 48.0. The third-order valence-electron chi connectivity index (χ3n) is 5.57. The highest BCUT2D eigenvalue weighted by Gasteiger charge is 2.55. The van der Waals surface area contributed by atoms with E-state index in [1.165, 1.54) is 22.2 Å². The zero-order valence-corrected chi connectivity index (χ0v) is 17.2. The van der Waals surface area contributed by atoms with Gasteiger partial charge < -0.3 is 14.7 Å². The molecule has 158 valence electrons. The SMILES string of the molecule is C[C@H]1C[C@@]2(C[C@@H](c3cnn(C)c3)N1C(=O)C(F)(F)F)OC[C@H](O)c1cc(Cl)sc12. The smallest absolute Gasteiger partial charge is 0.386 e. The largest absolute Gasteiger partial charge is 0.471 e. The van der Waals surface area contributed by atoms with Crippen LogP contribution in [0.3, 0.4) is 0 Å². The standard InChI is InChI=1S/C18H19ClF3N3O3S/c1-9-4-17(15-11(3-14(19)29-15)13(26)8-28-17)5-12(10-6-23-24(2)7-10)25(9)16(27)18(20,21)22/h3,6-7,9,12-13,26H,4-5,8H2,1-2H3/t9-,12-,13-,17-/m0/s1. The van der Waals surface area contributed by atoms with Crippen LogP contribution in [0.25, 0.3) is 0 Å². The van der Waals surface area contributed by atoms with E-state index in [1.807, 2.05) is 0 Å². The molecule has 4 heterocycles. The predicted molar refractivity (Wildman–Crippen MR) is 99.5 cm³/mol. The highest BCUT2D eigenvalue weighted by atomic mass is 35.5. The van der Waals surface area contributed by atoms with E-state index in [1.54, 1.807) is 26.2 Å². The molecular formula is C18H19ClF3N3O3S. The fourth-order valence-corrected chi connectivity index (χ4v) is 5.88. The summed E-state index contributed by atoms with van der Waals surface area (Å²) in [6, 6.07) is 0.0330. The average molecular weight is 450 g/mol. The van der Waals surface area contributed by atoms with E-state index in [-0.39, 0.29) is 19.4 Å². The van der Waals surface area contributed by atoms with Crippen LogP contribution in [0, 0.1) is 0 Å². The van der Waals surface area contributed by atoms with Crippen molar-refractivity contribution < 1.29 is 27.8 Å². The molecule has 2 aromatic heterocycles. The van der Waals surface area contributed by atoms with E-state index in [0.29, 0.717) is 20.3 Å². The number of fused-ring (bicyclic) bond motifs is 2. The number of amides is 1. The number of aryl methyl sites for hydroxylation is 1. The van der Waals surface area contributed by atoms with Gasteiger partial charge in [-0.3, -0.25) is 9.48 Å². The molecule has 1 amide bonds. The lowest BCUT2D eigenvalue weighted by molar-refractivity contribution is -0.203. The van der Waals surface area contributed by atoms with E-state index < -0.39 is 35.9 Å². The molecule has 0 saturated carbocycles. The zero-order chi connectivity index (χ0) is 21.1. The molecule has 0 aromatic carbocycles. The number of aliphatic hydroxyl groups is 1. The molecule has 2 aromatic rings. The number of hydrogen-bond donors (Lipinski definition) is 1. The fourth-order valence-electron chi connectivity index (χ4n) is 4.43. The van der Waals surface area contributed by atoms with Crippen molar-refractivity contribution in [2.45, 2.75) is 49.7 Å². The first-order valence-electron chi connectivity index (χ1n) is 9.01. The first-order chi connectivity index (χ1) is 13.5. The Morgan fingerprint density at radius 2 is 2.17 bits per heavy atom. The summed E-state index contributed by atoms with van der Waals surface area (Å²) in [5, 5.41) is 14.3. The van der Waals surface area contributed by atoms with Gasteiger partial charge in [0.25, 0.3) is 0 Å². The second-order valence-electron chi connectivity index (χ2n) is 7.59. The highest BCUT2D eigenvalue weighted by Crippen LogP contribution is 2.54. The van der Waals surface area contributed by atoms with Crippen LogP contribution < -0.4 is 0 Å². The minimum absolute atomic E-state index is 0.0136. The number of hydrogen-bond acceptors (Lipinski definition) is 5. The molecule has 2 aliphatic rings. The van der Waals surface area contributed by atoms with E-state index in [9.17, 15) is 23.1 Å². The molecular weight excluding hydrogens is 431 g/mol. The zero-order valence-electron chi connectivity index (χ0n) is 15.6. The molecule has 11 heteroatoms. The number of thiophene rings is 1. The van der Waals surface area contributed by atoms with Crippen LogP contribution in [0.15, 0.2) is 18.5 Å². The Labute approximate surface area is 173 Å². The molecule has 29 heavy (non-hydrogen) atoms. The van der Waals surface area contributed by atoms with Gasteiger partial charge in [0.15, 0.2) is 0 Å². The van der Waals surface area contributed by atoms with Gasteiger partial charge in [0.05, 0.1) is 23.2 Å². The van der Waals surface area contributed by atoms with Gasteiger partial charge in [-0.1, -0.05) is 11.6 Å². The van der Waals surface area contributed by atoms with Crippen molar-refractivity contribution in [1.82, 2.24) is 14.7 Å². The number of aromatic nitrogens is 2. The fraction of sp³-hybridized carbons (Fsp3) is 0.556. The lowest BCUT2D eigenvalue weighted by atomic mass is 9.77. The van der Waals surface area contributed by atoms with Crippen molar-refractivity contribution in [2.75, 3.05) is 6.61 Å². The van der Waals surface area contributed by atoms with Gasteiger partial charge in [-0.25, -0.2) is 0 Å². The Balaban J connectivity index is 1.81. The summed E-state index contributed by atoms with van der Waals surface area (Å²) in [6.07, 6.45) is -2.48.